The summed E-state index contributed by atoms with van der Waals surface area (Å²) in [6.07, 6.45) is 2.46. The number of hydrogen-bond donors (Lipinski definition) is 0. The first kappa shape index (κ1) is 18.3. The number of fused-ring (bicyclic) bond motifs is 1. The van der Waals surface area contributed by atoms with Gasteiger partial charge in [0.2, 0.25) is 0 Å². The molecule has 2 aromatic heterocycles. The highest BCUT2D eigenvalue weighted by atomic mass is 16.2. The molecule has 1 amide bonds. The molecule has 5 rings (SSSR count). The second kappa shape index (κ2) is 7.26. The second-order valence-corrected chi connectivity index (χ2v) is 7.60. The lowest BCUT2D eigenvalue weighted by Gasteiger charge is -2.28. The zero-order valence-corrected chi connectivity index (χ0v) is 17.0. The van der Waals surface area contributed by atoms with E-state index in [-0.39, 0.29) is 5.91 Å². The van der Waals surface area contributed by atoms with Crippen LogP contribution in [0.3, 0.4) is 0 Å². The quantitative estimate of drug-likeness (QED) is 0.532. The van der Waals surface area contributed by atoms with Crippen molar-refractivity contribution in [3.05, 3.63) is 83.3 Å². The Kier molecular flexibility index (Phi) is 4.43. The number of aryl methyl sites for hydroxylation is 2. The Morgan fingerprint density at radius 1 is 1.07 bits per heavy atom. The van der Waals surface area contributed by atoms with E-state index >= 15 is 0 Å². The molecule has 30 heavy (non-hydrogen) atoms. The van der Waals surface area contributed by atoms with E-state index in [1.54, 1.807) is 6.33 Å². The van der Waals surface area contributed by atoms with Crippen molar-refractivity contribution in [3.8, 4) is 17.2 Å². The molecular weight excluding hydrogens is 376 g/mol. The van der Waals surface area contributed by atoms with Crippen molar-refractivity contribution in [3.63, 3.8) is 0 Å². The number of nitrogens with zero attached hydrogens (tertiary/aromatic N) is 6. The first-order chi connectivity index (χ1) is 14.6. The maximum Gasteiger partial charge on any atom is 0.254 e. The molecule has 0 atom stereocenters. The lowest BCUT2D eigenvalue weighted by atomic mass is 10.0. The van der Waals surface area contributed by atoms with Crippen LogP contribution in [-0.2, 0) is 20.0 Å². The number of amides is 1. The molecule has 0 spiro atoms. The van der Waals surface area contributed by atoms with Crippen molar-refractivity contribution in [1.82, 2.24) is 29.4 Å². The third kappa shape index (κ3) is 3.08. The summed E-state index contributed by atoms with van der Waals surface area (Å²) in [5.41, 5.74) is 5.72. The van der Waals surface area contributed by atoms with E-state index in [9.17, 15) is 4.79 Å². The molecule has 3 heterocycles. The second-order valence-electron chi connectivity index (χ2n) is 7.60. The summed E-state index contributed by atoms with van der Waals surface area (Å²) in [7, 11) is 1.95. The highest BCUT2D eigenvalue weighted by Crippen LogP contribution is 2.30. The Balaban J connectivity index is 1.52. The summed E-state index contributed by atoms with van der Waals surface area (Å²) < 4.78 is 3.84. The number of rotatable bonds is 3. The molecule has 7 heteroatoms. The van der Waals surface area contributed by atoms with Gasteiger partial charge in [-0.15, -0.1) is 10.2 Å². The molecule has 0 saturated heterocycles. The largest absolute Gasteiger partial charge is 0.334 e. The van der Waals surface area contributed by atoms with Crippen LogP contribution >= 0.6 is 0 Å². The predicted molar refractivity (Wildman–Crippen MR) is 113 cm³/mol. The molecule has 0 fully saturated rings. The maximum absolute atomic E-state index is 13.1. The summed E-state index contributed by atoms with van der Waals surface area (Å²) in [6.45, 7) is 3.18. The molecule has 0 bridgehead atoms. The fraction of sp³-hybridized carbons (Fsp3) is 0.217. The van der Waals surface area contributed by atoms with E-state index in [0.29, 0.717) is 18.9 Å². The van der Waals surface area contributed by atoms with Gasteiger partial charge in [0, 0.05) is 42.5 Å². The van der Waals surface area contributed by atoms with Crippen molar-refractivity contribution in [2.75, 3.05) is 6.54 Å². The molecule has 0 N–H and O–H groups in total. The van der Waals surface area contributed by atoms with Crippen molar-refractivity contribution in [2.24, 2.45) is 7.05 Å². The van der Waals surface area contributed by atoms with Gasteiger partial charge in [-0.25, -0.2) is 0 Å². The summed E-state index contributed by atoms with van der Waals surface area (Å²) in [4.78, 5) is 15.0. The van der Waals surface area contributed by atoms with Crippen LogP contribution in [0.25, 0.3) is 17.2 Å². The molecule has 0 aliphatic carbocycles. The Morgan fingerprint density at radius 3 is 2.70 bits per heavy atom. The minimum Gasteiger partial charge on any atom is -0.334 e. The lowest BCUT2D eigenvalue weighted by molar-refractivity contribution is 0.0733. The Labute approximate surface area is 174 Å². The fourth-order valence-corrected chi connectivity index (χ4v) is 4.08. The first-order valence-electron chi connectivity index (χ1n) is 9.98. The van der Waals surface area contributed by atoms with Gasteiger partial charge in [0.1, 0.15) is 12.0 Å². The lowest BCUT2D eigenvalue weighted by Crippen LogP contribution is -2.36. The van der Waals surface area contributed by atoms with Gasteiger partial charge in [0.05, 0.1) is 6.54 Å². The van der Waals surface area contributed by atoms with Crippen molar-refractivity contribution in [1.29, 1.82) is 0 Å². The van der Waals surface area contributed by atoms with Gasteiger partial charge in [0.15, 0.2) is 5.82 Å². The minimum atomic E-state index is 0.0451. The molecule has 0 radical (unpaired) electrons. The van der Waals surface area contributed by atoms with Crippen LogP contribution < -0.4 is 0 Å². The molecule has 7 nitrogen and oxygen atoms in total. The normalized spacial score (nSPS) is 13.3. The average molecular weight is 398 g/mol. The third-order valence-corrected chi connectivity index (χ3v) is 5.59. The number of benzene rings is 2. The summed E-state index contributed by atoms with van der Waals surface area (Å²) in [5.74, 6) is 0.728. The van der Waals surface area contributed by atoms with E-state index in [2.05, 4.69) is 10.2 Å². The molecule has 1 aliphatic rings. The van der Waals surface area contributed by atoms with Crippen LogP contribution in [0.2, 0.25) is 0 Å². The number of aromatic nitrogens is 5. The molecule has 0 unspecified atom stereocenters. The van der Waals surface area contributed by atoms with Crippen molar-refractivity contribution in [2.45, 2.75) is 19.9 Å². The van der Waals surface area contributed by atoms with Crippen LogP contribution in [0.1, 0.15) is 27.2 Å². The van der Waals surface area contributed by atoms with Crippen LogP contribution in [-0.4, -0.2) is 41.9 Å². The molecular formula is C23H22N6O. The summed E-state index contributed by atoms with van der Waals surface area (Å²) in [6, 6.07) is 17.7. The van der Waals surface area contributed by atoms with Gasteiger partial charge in [0.25, 0.3) is 5.91 Å². The number of para-hydroxylation sites is 1. The van der Waals surface area contributed by atoms with Gasteiger partial charge in [-0.2, -0.15) is 5.10 Å². The van der Waals surface area contributed by atoms with Gasteiger partial charge >= 0.3 is 0 Å². The van der Waals surface area contributed by atoms with E-state index in [0.717, 1.165) is 40.2 Å². The zero-order valence-electron chi connectivity index (χ0n) is 17.0. The number of carbonyl (C=O) groups excluding carboxylic acids is 1. The van der Waals surface area contributed by atoms with Crippen molar-refractivity contribution >= 4 is 5.91 Å². The van der Waals surface area contributed by atoms with Crippen LogP contribution in [0.4, 0.5) is 0 Å². The molecule has 150 valence electrons. The standard InChI is InChI=1S/C23H22N6O/c1-16-7-6-8-17(13-16)23(30)28-12-11-20-19(14-28)21(26-27(20)2)22-25-24-15-29(22)18-9-4-3-5-10-18/h3-10,13,15H,11-12,14H2,1-2H3. The summed E-state index contributed by atoms with van der Waals surface area (Å²) >= 11 is 0. The van der Waals surface area contributed by atoms with Crippen molar-refractivity contribution < 1.29 is 4.79 Å². The Hall–Kier alpha value is -3.74. The zero-order chi connectivity index (χ0) is 20.7. The molecule has 1 aliphatic heterocycles. The Morgan fingerprint density at radius 2 is 1.90 bits per heavy atom. The topological polar surface area (TPSA) is 68.8 Å². The van der Waals surface area contributed by atoms with E-state index in [1.165, 1.54) is 0 Å². The minimum absolute atomic E-state index is 0.0451. The van der Waals surface area contributed by atoms with Gasteiger partial charge in [-0.1, -0.05) is 35.9 Å². The smallest absolute Gasteiger partial charge is 0.254 e. The first-order valence-corrected chi connectivity index (χ1v) is 9.98. The maximum atomic E-state index is 13.1. The molecule has 2 aromatic carbocycles. The number of hydrogen-bond acceptors (Lipinski definition) is 4. The van der Waals surface area contributed by atoms with Gasteiger partial charge in [-0.3, -0.25) is 14.0 Å². The predicted octanol–water partition coefficient (Wildman–Crippen LogP) is 3.17. The molecule has 0 saturated carbocycles. The van der Waals surface area contributed by atoms with Crippen LogP contribution in [0.5, 0.6) is 0 Å². The van der Waals surface area contributed by atoms with Crippen LogP contribution in [0.15, 0.2) is 60.9 Å². The van der Waals surface area contributed by atoms with E-state index in [1.807, 2.05) is 82.7 Å². The highest BCUT2D eigenvalue weighted by molar-refractivity contribution is 5.94. The van der Waals surface area contributed by atoms with Gasteiger partial charge < -0.3 is 4.90 Å². The van der Waals surface area contributed by atoms with E-state index < -0.39 is 0 Å². The molecule has 4 aromatic rings. The average Bonchev–Trinajstić information content (AvgIpc) is 3.38. The SMILES string of the molecule is Cc1cccc(C(=O)N2CCc3c(c(-c4nncn4-c4ccccc4)nn3C)C2)c1. The van der Waals surface area contributed by atoms with Gasteiger partial charge in [-0.05, 0) is 31.2 Å². The monoisotopic (exact) mass is 398 g/mol. The highest BCUT2D eigenvalue weighted by Gasteiger charge is 2.29. The van der Waals surface area contributed by atoms with E-state index in [4.69, 9.17) is 5.10 Å². The van der Waals surface area contributed by atoms with Crippen LogP contribution in [0, 0.1) is 6.92 Å². The fourth-order valence-electron chi connectivity index (χ4n) is 4.08. The summed E-state index contributed by atoms with van der Waals surface area (Å²) in [5, 5.41) is 13.2. The Bertz CT molecular complexity index is 1220. The third-order valence-electron chi connectivity index (χ3n) is 5.59. The number of carbonyl (C=O) groups is 1.